The third-order valence-corrected chi connectivity index (χ3v) is 4.37. The van der Waals surface area contributed by atoms with Gasteiger partial charge in [0.2, 0.25) is 0 Å². The first-order chi connectivity index (χ1) is 12.0. The maximum absolute atomic E-state index is 13.0. The standard InChI is InChI=1S/C17H15ClFN3O3/c18-13-9-16(22(24)25)15(21-7-1-2-8-21)10-14(13)20-17(23)11-3-5-12(19)6-4-11/h3-6,9-10H,1-2,7-8H2,(H,20,23). The number of hydrogen-bond donors (Lipinski definition) is 1. The molecule has 2 aromatic rings. The van der Waals surface area contributed by atoms with E-state index < -0.39 is 16.6 Å². The Hall–Kier alpha value is -2.67. The smallest absolute Gasteiger partial charge is 0.294 e. The molecule has 2 aromatic carbocycles. The van der Waals surface area contributed by atoms with Gasteiger partial charge in [-0.2, -0.15) is 0 Å². The molecule has 0 unspecified atom stereocenters. The van der Waals surface area contributed by atoms with E-state index in [1.54, 1.807) is 0 Å². The number of nitrogens with zero attached hydrogens (tertiary/aromatic N) is 2. The highest BCUT2D eigenvalue weighted by Gasteiger charge is 2.25. The van der Waals surface area contributed by atoms with E-state index in [1.807, 2.05) is 4.90 Å². The minimum absolute atomic E-state index is 0.0742. The summed E-state index contributed by atoms with van der Waals surface area (Å²) in [5.74, 6) is -0.913. The number of carbonyl (C=O) groups excluding carboxylic acids is 1. The van der Waals surface area contributed by atoms with Crippen molar-refractivity contribution < 1.29 is 14.1 Å². The van der Waals surface area contributed by atoms with Crippen LogP contribution in [0, 0.1) is 15.9 Å². The molecule has 1 aliphatic rings. The zero-order valence-electron chi connectivity index (χ0n) is 13.2. The molecule has 3 rings (SSSR count). The molecule has 1 fully saturated rings. The van der Waals surface area contributed by atoms with Gasteiger partial charge in [0.25, 0.3) is 11.6 Å². The van der Waals surface area contributed by atoms with E-state index in [-0.39, 0.29) is 22.0 Å². The predicted octanol–water partition coefficient (Wildman–Crippen LogP) is 4.24. The molecule has 1 amide bonds. The third-order valence-electron chi connectivity index (χ3n) is 4.06. The van der Waals surface area contributed by atoms with Crippen LogP contribution in [0.5, 0.6) is 0 Å². The first-order valence-electron chi connectivity index (χ1n) is 7.75. The van der Waals surface area contributed by atoms with Gasteiger partial charge in [-0.05, 0) is 43.2 Å². The van der Waals surface area contributed by atoms with Crippen molar-refractivity contribution in [3.8, 4) is 0 Å². The normalized spacial score (nSPS) is 13.8. The zero-order chi connectivity index (χ0) is 18.0. The van der Waals surface area contributed by atoms with Gasteiger partial charge in [0.1, 0.15) is 11.5 Å². The Bertz CT molecular complexity index is 821. The third kappa shape index (κ3) is 3.71. The van der Waals surface area contributed by atoms with Crippen LogP contribution in [0.25, 0.3) is 0 Å². The van der Waals surface area contributed by atoms with E-state index in [0.29, 0.717) is 18.8 Å². The van der Waals surface area contributed by atoms with Crippen LogP contribution in [0.1, 0.15) is 23.2 Å². The van der Waals surface area contributed by atoms with Crippen molar-refractivity contribution >= 4 is 34.6 Å². The second-order valence-electron chi connectivity index (χ2n) is 5.73. The molecule has 1 aliphatic heterocycles. The number of rotatable bonds is 4. The number of anilines is 2. The molecule has 130 valence electrons. The van der Waals surface area contributed by atoms with E-state index in [0.717, 1.165) is 12.8 Å². The number of carbonyl (C=O) groups is 1. The molecule has 25 heavy (non-hydrogen) atoms. The predicted molar refractivity (Wildman–Crippen MR) is 93.9 cm³/mol. The monoisotopic (exact) mass is 363 g/mol. The highest BCUT2D eigenvalue weighted by Crippen LogP contribution is 2.38. The van der Waals surface area contributed by atoms with Crippen LogP contribution in [-0.4, -0.2) is 23.9 Å². The molecule has 6 nitrogen and oxygen atoms in total. The van der Waals surface area contributed by atoms with Gasteiger partial charge in [0.05, 0.1) is 15.6 Å². The highest BCUT2D eigenvalue weighted by molar-refractivity contribution is 6.34. The Morgan fingerprint density at radius 3 is 2.44 bits per heavy atom. The molecular formula is C17H15ClFN3O3. The summed E-state index contributed by atoms with van der Waals surface area (Å²) in [6, 6.07) is 7.84. The fourth-order valence-electron chi connectivity index (χ4n) is 2.80. The summed E-state index contributed by atoms with van der Waals surface area (Å²) in [5, 5.41) is 14.0. The van der Waals surface area contributed by atoms with Crippen molar-refractivity contribution in [3.05, 3.63) is 62.9 Å². The Morgan fingerprint density at radius 1 is 1.20 bits per heavy atom. The van der Waals surface area contributed by atoms with Gasteiger partial charge in [-0.1, -0.05) is 11.6 Å². The van der Waals surface area contributed by atoms with Gasteiger partial charge >= 0.3 is 0 Å². The Morgan fingerprint density at radius 2 is 1.84 bits per heavy atom. The first-order valence-corrected chi connectivity index (χ1v) is 8.13. The average molecular weight is 364 g/mol. The van der Waals surface area contributed by atoms with Crippen molar-refractivity contribution in [1.82, 2.24) is 0 Å². The lowest BCUT2D eigenvalue weighted by Gasteiger charge is -2.19. The van der Waals surface area contributed by atoms with E-state index in [1.165, 1.54) is 36.4 Å². The molecule has 0 aromatic heterocycles. The fourth-order valence-corrected chi connectivity index (χ4v) is 3.01. The van der Waals surface area contributed by atoms with E-state index in [2.05, 4.69) is 5.32 Å². The molecule has 8 heteroatoms. The SMILES string of the molecule is O=C(Nc1cc(N2CCCC2)c([N+](=O)[O-])cc1Cl)c1ccc(F)cc1. The largest absolute Gasteiger partial charge is 0.366 e. The lowest BCUT2D eigenvalue weighted by Crippen LogP contribution is -2.20. The van der Waals surface area contributed by atoms with Gasteiger partial charge in [-0.15, -0.1) is 0 Å². The van der Waals surface area contributed by atoms with Crippen LogP contribution in [-0.2, 0) is 0 Å². The Balaban J connectivity index is 1.92. The lowest BCUT2D eigenvalue weighted by molar-refractivity contribution is -0.384. The molecule has 0 bridgehead atoms. The molecule has 0 radical (unpaired) electrons. The van der Waals surface area contributed by atoms with Gasteiger partial charge in [-0.25, -0.2) is 4.39 Å². The maximum Gasteiger partial charge on any atom is 0.294 e. The topological polar surface area (TPSA) is 75.5 Å². The van der Waals surface area contributed by atoms with Crippen molar-refractivity contribution in [1.29, 1.82) is 0 Å². The number of benzene rings is 2. The zero-order valence-corrected chi connectivity index (χ0v) is 13.9. The summed E-state index contributed by atoms with van der Waals surface area (Å²) in [5.41, 5.74) is 0.884. The Kier molecular flexibility index (Phi) is 4.85. The summed E-state index contributed by atoms with van der Waals surface area (Å²) >= 11 is 6.11. The number of nitro benzene ring substituents is 1. The molecule has 0 atom stereocenters. The van der Waals surface area contributed by atoms with Gasteiger partial charge in [0.15, 0.2) is 0 Å². The van der Waals surface area contributed by atoms with E-state index >= 15 is 0 Å². The molecule has 0 aliphatic carbocycles. The summed E-state index contributed by atoms with van der Waals surface area (Å²) in [4.78, 5) is 25.0. The van der Waals surface area contributed by atoms with Crippen molar-refractivity contribution in [2.45, 2.75) is 12.8 Å². The average Bonchev–Trinajstić information content (AvgIpc) is 3.11. The van der Waals surface area contributed by atoms with Crippen LogP contribution in [0.3, 0.4) is 0 Å². The molecular weight excluding hydrogens is 349 g/mol. The lowest BCUT2D eigenvalue weighted by atomic mass is 10.2. The quantitative estimate of drug-likeness (QED) is 0.651. The fraction of sp³-hybridized carbons (Fsp3) is 0.235. The van der Waals surface area contributed by atoms with Crippen molar-refractivity contribution in [2.24, 2.45) is 0 Å². The van der Waals surface area contributed by atoms with E-state index in [9.17, 15) is 19.3 Å². The summed E-state index contributed by atoms with van der Waals surface area (Å²) in [6.07, 6.45) is 1.91. The van der Waals surface area contributed by atoms with Gasteiger partial charge in [0, 0.05) is 24.7 Å². The van der Waals surface area contributed by atoms with Crippen LogP contribution in [0.2, 0.25) is 5.02 Å². The molecule has 0 saturated carbocycles. The molecule has 0 spiro atoms. The van der Waals surface area contributed by atoms with E-state index in [4.69, 9.17) is 11.6 Å². The first kappa shape index (κ1) is 17.2. The maximum atomic E-state index is 13.0. The van der Waals surface area contributed by atoms with Crippen molar-refractivity contribution in [2.75, 3.05) is 23.3 Å². The van der Waals surface area contributed by atoms with Crippen molar-refractivity contribution in [3.63, 3.8) is 0 Å². The molecule has 1 N–H and O–H groups in total. The summed E-state index contributed by atoms with van der Waals surface area (Å²) in [6.45, 7) is 1.43. The minimum atomic E-state index is -0.481. The molecule has 1 heterocycles. The highest BCUT2D eigenvalue weighted by atomic mass is 35.5. The summed E-state index contributed by atoms with van der Waals surface area (Å²) < 4.78 is 13.0. The summed E-state index contributed by atoms with van der Waals surface area (Å²) in [7, 11) is 0. The Labute approximate surface area is 148 Å². The van der Waals surface area contributed by atoms with Gasteiger partial charge in [-0.3, -0.25) is 14.9 Å². The number of nitro groups is 1. The van der Waals surface area contributed by atoms with Crippen LogP contribution in [0.15, 0.2) is 36.4 Å². The second-order valence-corrected chi connectivity index (χ2v) is 6.14. The van der Waals surface area contributed by atoms with Crippen LogP contribution < -0.4 is 10.2 Å². The van der Waals surface area contributed by atoms with Crippen LogP contribution >= 0.6 is 11.6 Å². The number of hydrogen-bond acceptors (Lipinski definition) is 4. The number of nitrogens with one attached hydrogen (secondary N) is 1. The number of halogens is 2. The number of amides is 1. The minimum Gasteiger partial charge on any atom is -0.366 e. The second kappa shape index (κ2) is 7.06. The van der Waals surface area contributed by atoms with Gasteiger partial charge < -0.3 is 10.2 Å². The van der Waals surface area contributed by atoms with Crippen LogP contribution in [0.4, 0.5) is 21.5 Å². The molecule has 1 saturated heterocycles.